The number of aromatic nitrogens is 1. The third-order valence-electron chi connectivity index (χ3n) is 5.03. The molecule has 0 spiro atoms. The number of anilines is 1. The number of fused-ring (bicyclic) bond motifs is 1. The molecule has 0 aliphatic carbocycles. The van der Waals surface area contributed by atoms with Crippen molar-refractivity contribution in [2.24, 2.45) is 0 Å². The van der Waals surface area contributed by atoms with Crippen LogP contribution in [0.2, 0.25) is 0 Å². The Balaban J connectivity index is 1.37. The van der Waals surface area contributed by atoms with Crippen LogP contribution in [0.1, 0.15) is 16.1 Å². The van der Waals surface area contributed by atoms with Crippen LogP contribution < -0.4 is 14.8 Å². The summed E-state index contributed by atoms with van der Waals surface area (Å²) in [6.45, 7) is 2.34. The molecule has 0 saturated heterocycles. The predicted octanol–water partition coefficient (Wildman–Crippen LogP) is 3.22. The van der Waals surface area contributed by atoms with E-state index >= 15 is 0 Å². The average Bonchev–Trinajstić information content (AvgIpc) is 3.19. The van der Waals surface area contributed by atoms with E-state index in [1.807, 2.05) is 6.92 Å². The molecule has 0 bridgehead atoms. The maximum atomic E-state index is 13.0. The van der Waals surface area contributed by atoms with Gasteiger partial charge in [0.15, 0.2) is 11.7 Å². The lowest BCUT2D eigenvalue weighted by atomic mass is 10.2. The van der Waals surface area contributed by atoms with Gasteiger partial charge in [-0.05, 0) is 43.3 Å². The lowest BCUT2D eigenvalue weighted by molar-refractivity contribution is -0.118. The number of aryl methyl sites for hydroxylation is 1. The van der Waals surface area contributed by atoms with Crippen molar-refractivity contribution in [3.63, 3.8) is 0 Å². The summed E-state index contributed by atoms with van der Waals surface area (Å²) in [6.07, 6.45) is 0.495. The van der Waals surface area contributed by atoms with Gasteiger partial charge in [-0.1, -0.05) is 17.7 Å². The summed E-state index contributed by atoms with van der Waals surface area (Å²) in [6, 6.07) is 13.8. The minimum Gasteiger partial charge on any atom is -0.497 e. The minimum absolute atomic E-state index is 0.162. The molecule has 0 radical (unpaired) electrons. The summed E-state index contributed by atoms with van der Waals surface area (Å²) < 4.78 is 38.0. The zero-order valence-corrected chi connectivity index (χ0v) is 19.3. The van der Waals surface area contributed by atoms with Crippen LogP contribution >= 0.6 is 11.3 Å². The number of amides is 1. The van der Waals surface area contributed by atoms with Gasteiger partial charge in [-0.2, -0.15) is 4.31 Å². The molecule has 2 aromatic carbocycles. The minimum atomic E-state index is -3.58. The van der Waals surface area contributed by atoms with Crippen LogP contribution in [0.15, 0.2) is 53.4 Å². The van der Waals surface area contributed by atoms with E-state index in [0.717, 1.165) is 16.1 Å². The molecule has 2 heterocycles. The highest BCUT2D eigenvalue weighted by Crippen LogP contribution is 2.31. The zero-order chi connectivity index (χ0) is 22.7. The Hall–Kier alpha value is -2.95. The first-order valence-electron chi connectivity index (χ1n) is 9.97. The maximum absolute atomic E-state index is 13.0. The smallest absolute Gasteiger partial charge is 0.264 e. The van der Waals surface area contributed by atoms with Crippen LogP contribution in [-0.2, 0) is 27.8 Å². The van der Waals surface area contributed by atoms with E-state index in [1.165, 1.54) is 15.6 Å². The molecule has 8 nitrogen and oxygen atoms in total. The van der Waals surface area contributed by atoms with Crippen molar-refractivity contribution in [3.05, 3.63) is 64.7 Å². The summed E-state index contributed by atoms with van der Waals surface area (Å²) in [4.78, 5) is 17.8. The largest absolute Gasteiger partial charge is 0.497 e. The molecule has 0 atom stereocenters. The van der Waals surface area contributed by atoms with E-state index in [9.17, 15) is 13.2 Å². The number of methoxy groups -OCH3 is 1. The number of benzene rings is 2. The van der Waals surface area contributed by atoms with Gasteiger partial charge < -0.3 is 9.47 Å². The fourth-order valence-electron chi connectivity index (χ4n) is 3.27. The van der Waals surface area contributed by atoms with E-state index < -0.39 is 10.0 Å². The predicted molar refractivity (Wildman–Crippen MR) is 122 cm³/mol. The number of nitrogens with zero attached hydrogens (tertiary/aromatic N) is 2. The average molecular weight is 474 g/mol. The molecule has 1 aromatic heterocycles. The third-order valence-corrected chi connectivity index (χ3v) is 7.89. The number of ether oxygens (including phenoxy) is 2. The number of hydrogen-bond acceptors (Lipinski definition) is 7. The van der Waals surface area contributed by atoms with E-state index in [-0.39, 0.29) is 24.0 Å². The summed E-state index contributed by atoms with van der Waals surface area (Å²) >= 11 is 1.29. The molecule has 1 amide bonds. The molecule has 0 unspecified atom stereocenters. The van der Waals surface area contributed by atoms with Crippen molar-refractivity contribution in [1.82, 2.24) is 9.29 Å². The van der Waals surface area contributed by atoms with Gasteiger partial charge in [0.25, 0.3) is 5.91 Å². The molecule has 4 rings (SSSR count). The van der Waals surface area contributed by atoms with Gasteiger partial charge >= 0.3 is 0 Å². The molecule has 0 saturated carbocycles. The standard InChI is InChI=1S/C22H23N3O5S2/c1-15-3-9-18(10-4-15)32(27,28)25-12-11-19-20(13-25)31-22(23-19)24-21(26)14-30-17-7-5-16(29-2)6-8-17/h3-10H,11-14H2,1-2H3,(H,23,24,26). The fourth-order valence-corrected chi connectivity index (χ4v) is 5.80. The number of nitrogens with one attached hydrogen (secondary N) is 1. The first-order valence-corrected chi connectivity index (χ1v) is 12.2. The van der Waals surface area contributed by atoms with E-state index in [1.54, 1.807) is 55.6 Å². The Kier molecular flexibility index (Phi) is 6.45. The van der Waals surface area contributed by atoms with Crippen molar-refractivity contribution in [2.75, 3.05) is 25.6 Å². The van der Waals surface area contributed by atoms with Crippen molar-refractivity contribution in [3.8, 4) is 11.5 Å². The Bertz CT molecular complexity index is 1210. The van der Waals surface area contributed by atoms with Gasteiger partial charge in [0.1, 0.15) is 11.5 Å². The summed E-state index contributed by atoms with van der Waals surface area (Å²) in [5.41, 5.74) is 1.82. The monoisotopic (exact) mass is 473 g/mol. The second-order valence-electron chi connectivity index (χ2n) is 7.30. The summed E-state index contributed by atoms with van der Waals surface area (Å²) in [5, 5.41) is 3.17. The highest BCUT2D eigenvalue weighted by Gasteiger charge is 2.30. The Morgan fingerprint density at radius 3 is 2.50 bits per heavy atom. The normalized spacial score (nSPS) is 13.9. The second kappa shape index (κ2) is 9.27. The van der Waals surface area contributed by atoms with E-state index in [4.69, 9.17) is 9.47 Å². The third kappa shape index (κ3) is 4.93. The van der Waals surface area contributed by atoms with Crippen LogP contribution in [0.4, 0.5) is 5.13 Å². The van der Waals surface area contributed by atoms with Gasteiger partial charge in [0.2, 0.25) is 10.0 Å². The Labute approximate surface area is 190 Å². The zero-order valence-electron chi connectivity index (χ0n) is 17.7. The molecule has 1 N–H and O–H groups in total. The highest BCUT2D eigenvalue weighted by molar-refractivity contribution is 7.89. The lowest BCUT2D eigenvalue weighted by Crippen LogP contribution is -2.35. The molecule has 1 aliphatic rings. The highest BCUT2D eigenvalue weighted by atomic mass is 32.2. The first kappa shape index (κ1) is 22.3. The quantitative estimate of drug-likeness (QED) is 0.566. The van der Waals surface area contributed by atoms with Crippen molar-refractivity contribution < 1.29 is 22.7 Å². The molecule has 10 heteroatoms. The summed E-state index contributed by atoms with van der Waals surface area (Å²) in [7, 11) is -2.01. The molecule has 3 aromatic rings. The van der Waals surface area contributed by atoms with Crippen LogP contribution in [0.25, 0.3) is 0 Å². The SMILES string of the molecule is COc1ccc(OCC(=O)Nc2nc3c(s2)CN(S(=O)(=O)c2ccc(C)cc2)CC3)cc1. The van der Waals surface area contributed by atoms with Gasteiger partial charge in [0.05, 0.1) is 24.2 Å². The van der Waals surface area contributed by atoms with Gasteiger partial charge in [0, 0.05) is 17.8 Å². The molecule has 32 heavy (non-hydrogen) atoms. The topological polar surface area (TPSA) is 97.8 Å². The molecular weight excluding hydrogens is 450 g/mol. The number of hydrogen-bond donors (Lipinski definition) is 1. The summed E-state index contributed by atoms with van der Waals surface area (Å²) in [5.74, 6) is 0.918. The van der Waals surface area contributed by atoms with Crippen LogP contribution in [0.5, 0.6) is 11.5 Å². The first-order chi connectivity index (χ1) is 15.3. The van der Waals surface area contributed by atoms with Crippen molar-refractivity contribution in [2.45, 2.75) is 24.8 Å². The van der Waals surface area contributed by atoms with Crippen LogP contribution in [0.3, 0.4) is 0 Å². The number of carbonyl (C=O) groups is 1. The maximum Gasteiger partial charge on any atom is 0.264 e. The van der Waals surface area contributed by atoms with Crippen molar-refractivity contribution >= 4 is 32.4 Å². The number of carbonyl (C=O) groups excluding carboxylic acids is 1. The fraction of sp³-hybridized carbons (Fsp3) is 0.273. The molecule has 0 fully saturated rings. The van der Waals surface area contributed by atoms with Gasteiger partial charge in [-0.3, -0.25) is 10.1 Å². The lowest BCUT2D eigenvalue weighted by Gasteiger charge is -2.25. The number of rotatable bonds is 7. The Morgan fingerprint density at radius 1 is 1.12 bits per heavy atom. The van der Waals surface area contributed by atoms with Gasteiger partial charge in [-0.25, -0.2) is 13.4 Å². The Morgan fingerprint density at radius 2 is 1.81 bits per heavy atom. The van der Waals surface area contributed by atoms with E-state index in [2.05, 4.69) is 10.3 Å². The van der Waals surface area contributed by atoms with Crippen molar-refractivity contribution in [1.29, 1.82) is 0 Å². The number of sulfonamides is 1. The van der Waals surface area contributed by atoms with Crippen LogP contribution in [-0.4, -0.2) is 43.9 Å². The van der Waals surface area contributed by atoms with Gasteiger partial charge in [-0.15, -0.1) is 11.3 Å². The molecular formula is C22H23N3O5S2. The second-order valence-corrected chi connectivity index (χ2v) is 10.3. The molecule has 168 valence electrons. The number of thiazole rings is 1. The molecule has 1 aliphatic heterocycles. The van der Waals surface area contributed by atoms with Crippen LogP contribution in [0, 0.1) is 6.92 Å². The van der Waals surface area contributed by atoms with E-state index in [0.29, 0.717) is 29.6 Å².